The Bertz CT molecular complexity index is 543. The average molecular weight is 300 g/mol. The molecule has 6 heteroatoms. The molecular weight excluding hydrogens is 276 g/mol. The zero-order chi connectivity index (χ0) is 15.3. The first kappa shape index (κ1) is 16.8. The molecule has 0 radical (unpaired) electrons. The van der Waals surface area contributed by atoms with E-state index in [9.17, 15) is 13.5 Å². The van der Waals surface area contributed by atoms with Crippen LogP contribution < -0.4 is 10.2 Å². The van der Waals surface area contributed by atoms with E-state index in [4.69, 9.17) is 0 Å². The third-order valence-corrected chi connectivity index (χ3v) is 4.15. The molecule has 1 aromatic rings. The highest BCUT2D eigenvalue weighted by Gasteiger charge is 2.12. The van der Waals surface area contributed by atoms with Gasteiger partial charge in [-0.3, -0.25) is 0 Å². The van der Waals surface area contributed by atoms with Crippen molar-refractivity contribution in [2.24, 2.45) is 0 Å². The number of phenols is 1. The lowest BCUT2D eigenvalue weighted by atomic mass is 10.1. The molecule has 0 spiro atoms. The molecule has 0 saturated heterocycles. The number of rotatable bonds is 7. The molecular formula is C14H24N2O3S. The minimum atomic E-state index is -2.98. The van der Waals surface area contributed by atoms with Crippen LogP contribution >= 0.6 is 0 Å². The third-order valence-electron chi connectivity index (χ3n) is 3.23. The van der Waals surface area contributed by atoms with Gasteiger partial charge in [0.2, 0.25) is 0 Å². The molecule has 5 nitrogen and oxygen atoms in total. The van der Waals surface area contributed by atoms with Crippen LogP contribution in [0.15, 0.2) is 18.2 Å². The second-order valence-corrected chi connectivity index (χ2v) is 7.33. The molecule has 0 saturated carbocycles. The van der Waals surface area contributed by atoms with Crippen molar-refractivity contribution in [1.29, 1.82) is 0 Å². The quantitative estimate of drug-likeness (QED) is 0.799. The van der Waals surface area contributed by atoms with Gasteiger partial charge in [-0.1, -0.05) is 13.0 Å². The van der Waals surface area contributed by atoms with Gasteiger partial charge in [0.15, 0.2) is 0 Å². The number of hydrogen-bond acceptors (Lipinski definition) is 5. The van der Waals surface area contributed by atoms with Gasteiger partial charge in [-0.05, 0) is 19.5 Å². The fraction of sp³-hybridized carbons (Fsp3) is 0.571. The van der Waals surface area contributed by atoms with Gasteiger partial charge in [-0.15, -0.1) is 0 Å². The standard InChI is InChI=1S/C14H24N2O3S/c1-5-15-11(2)13-7-6-12(10-14(13)17)16(3)8-9-20(4,18)19/h6-7,10-11,15,17H,5,8-9H2,1-4H3. The second kappa shape index (κ2) is 6.95. The lowest BCUT2D eigenvalue weighted by Crippen LogP contribution is -2.25. The number of benzene rings is 1. The van der Waals surface area contributed by atoms with Crippen LogP contribution in [0.5, 0.6) is 5.75 Å². The van der Waals surface area contributed by atoms with E-state index in [1.807, 2.05) is 37.9 Å². The summed E-state index contributed by atoms with van der Waals surface area (Å²) in [6, 6.07) is 5.52. The number of phenolic OH excluding ortho intramolecular Hbond substituents is 1. The van der Waals surface area contributed by atoms with Gasteiger partial charge >= 0.3 is 0 Å². The van der Waals surface area contributed by atoms with Crippen molar-refractivity contribution in [3.05, 3.63) is 23.8 Å². The topological polar surface area (TPSA) is 69.6 Å². The van der Waals surface area contributed by atoms with Gasteiger partial charge in [0.1, 0.15) is 15.6 Å². The van der Waals surface area contributed by atoms with Gasteiger partial charge in [0, 0.05) is 43.2 Å². The summed E-state index contributed by atoms with van der Waals surface area (Å²) in [4.78, 5) is 1.82. The molecule has 0 amide bonds. The molecule has 0 bridgehead atoms. The molecule has 114 valence electrons. The highest BCUT2D eigenvalue weighted by Crippen LogP contribution is 2.28. The van der Waals surface area contributed by atoms with Crippen LogP contribution in [0.2, 0.25) is 0 Å². The van der Waals surface area contributed by atoms with E-state index in [0.29, 0.717) is 6.54 Å². The maximum atomic E-state index is 11.2. The Hall–Kier alpha value is -1.27. The van der Waals surface area contributed by atoms with Crippen LogP contribution in [-0.2, 0) is 9.84 Å². The Labute approximate surface area is 121 Å². The summed E-state index contributed by atoms with van der Waals surface area (Å²) in [5.41, 5.74) is 1.64. The van der Waals surface area contributed by atoms with Crippen molar-refractivity contribution >= 4 is 15.5 Å². The SMILES string of the molecule is CCNC(C)c1ccc(N(C)CCS(C)(=O)=O)cc1O. The van der Waals surface area contributed by atoms with Gasteiger partial charge in [0.25, 0.3) is 0 Å². The highest BCUT2D eigenvalue weighted by molar-refractivity contribution is 7.90. The van der Waals surface area contributed by atoms with Crippen LogP contribution in [0.25, 0.3) is 0 Å². The number of nitrogens with one attached hydrogen (secondary N) is 1. The highest BCUT2D eigenvalue weighted by atomic mass is 32.2. The predicted molar refractivity (Wildman–Crippen MR) is 83.2 cm³/mol. The molecule has 1 aromatic carbocycles. The zero-order valence-electron chi connectivity index (χ0n) is 12.5. The minimum Gasteiger partial charge on any atom is -0.508 e. The summed E-state index contributed by atoms with van der Waals surface area (Å²) >= 11 is 0. The molecule has 0 aliphatic heterocycles. The Morgan fingerprint density at radius 3 is 2.55 bits per heavy atom. The van der Waals surface area contributed by atoms with E-state index >= 15 is 0 Å². The Morgan fingerprint density at radius 2 is 2.05 bits per heavy atom. The van der Waals surface area contributed by atoms with Gasteiger partial charge in [-0.25, -0.2) is 8.42 Å². The van der Waals surface area contributed by atoms with Gasteiger partial charge in [-0.2, -0.15) is 0 Å². The molecule has 20 heavy (non-hydrogen) atoms. The van der Waals surface area contributed by atoms with Gasteiger partial charge < -0.3 is 15.3 Å². The predicted octanol–water partition coefficient (Wildman–Crippen LogP) is 1.54. The number of nitrogens with zero attached hydrogens (tertiary/aromatic N) is 1. The van der Waals surface area contributed by atoms with Crippen molar-refractivity contribution < 1.29 is 13.5 Å². The lowest BCUT2D eigenvalue weighted by Gasteiger charge is -2.21. The maximum absolute atomic E-state index is 11.2. The first-order valence-electron chi connectivity index (χ1n) is 6.69. The van der Waals surface area contributed by atoms with Crippen LogP contribution in [0.4, 0.5) is 5.69 Å². The second-order valence-electron chi connectivity index (χ2n) is 5.07. The Morgan fingerprint density at radius 1 is 1.40 bits per heavy atom. The summed E-state index contributed by atoms with van der Waals surface area (Å²) in [5.74, 6) is 0.321. The summed E-state index contributed by atoms with van der Waals surface area (Å²) in [6.07, 6.45) is 1.22. The fourth-order valence-corrected chi connectivity index (χ4v) is 2.59. The molecule has 1 atom stereocenters. The van der Waals surface area contributed by atoms with Crippen molar-refractivity contribution in [1.82, 2.24) is 5.32 Å². The minimum absolute atomic E-state index is 0.0791. The number of sulfone groups is 1. The molecule has 1 unspecified atom stereocenters. The van der Waals surface area contributed by atoms with Crippen LogP contribution in [0, 0.1) is 0 Å². The van der Waals surface area contributed by atoms with Crippen LogP contribution in [0.1, 0.15) is 25.5 Å². The molecule has 1 rings (SSSR count). The van der Waals surface area contributed by atoms with E-state index in [-0.39, 0.29) is 17.5 Å². The molecule has 0 fully saturated rings. The smallest absolute Gasteiger partial charge is 0.149 e. The summed E-state index contributed by atoms with van der Waals surface area (Å²) < 4.78 is 22.3. The monoisotopic (exact) mass is 300 g/mol. The van der Waals surface area contributed by atoms with E-state index in [0.717, 1.165) is 17.8 Å². The largest absolute Gasteiger partial charge is 0.508 e. The van der Waals surface area contributed by atoms with Gasteiger partial charge in [0.05, 0.1) is 5.75 Å². The lowest BCUT2D eigenvalue weighted by molar-refractivity contribution is 0.454. The number of anilines is 1. The maximum Gasteiger partial charge on any atom is 0.149 e. The summed E-state index contributed by atoms with van der Waals surface area (Å²) in [7, 11) is -1.17. The molecule has 0 aliphatic carbocycles. The fourth-order valence-electron chi connectivity index (χ4n) is 1.98. The van der Waals surface area contributed by atoms with Crippen LogP contribution in [-0.4, -0.2) is 45.7 Å². The number of hydrogen-bond donors (Lipinski definition) is 2. The average Bonchev–Trinajstić information content (AvgIpc) is 2.35. The Balaban J connectivity index is 2.81. The van der Waals surface area contributed by atoms with E-state index < -0.39 is 9.84 Å². The third kappa shape index (κ3) is 5.02. The van der Waals surface area contributed by atoms with Crippen molar-refractivity contribution in [3.8, 4) is 5.75 Å². The van der Waals surface area contributed by atoms with E-state index in [1.165, 1.54) is 6.26 Å². The molecule has 0 aromatic heterocycles. The summed E-state index contributed by atoms with van der Waals surface area (Å²) in [5, 5.41) is 13.3. The van der Waals surface area contributed by atoms with E-state index in [2.05, 4.69) is 5.32 Å². The first-order valence-corrected chi connectivity index (χ1v) is 8.75. The van der Waals surface area contributed by atoms with Crippen molar-refractivity contribution in [2.75, 3.05) is 37.0 Å². The van der Waals surface area contributed by atoms with Crippen LogP contribution in [0.3, 0.4) is 0 Å². The Kier molecular flexibility index (Phi) is 5.83. The normalized spacial score (nSPS) is 13.2. The van der Waals surface area contributed by atoms with Crippen molar-refractivity contribution in [3.63, 3.8) is 0 Å². The number of aromatic hydroxyl groups is 1. The first-order chi connectivity index (χ1) is 9.24. The molecule has 0 heterocycles. The zero-order valence-corrected chi connectivity index (χ0v) is 13.4. The molecule has 2 N–H and O–H groups in total. The summed E-state index contributed by atoms with van der Waals surface area (Å²) in [6.45, 7) is 5.24. The van der Waals surface area contributed by atoms with E-state index in [1.54, 1.807) is 6.07 Å². The van der Waals surface area contributed by atoms with Crippen molar-refractivity contribution in [2.45, 2.75) is 19.9 Å². The molecule has 0 aliphatic rings.